The van der Waals surface area contributed by atoms with Crippen LogP contribution in [0.5, 0.6) is 0 Å². The van der Waals surface area contributed by atoms with Crippen molar-refractivity contribution in [2.24, 2.45) is 5.92 Å². The number of sulfone groups is 1. The predicted octanol–water partition coefficient (Wildman–Crippen LogP) is 0.261. The Hall–Kier alpha value is -1.04. The summed E-state index contributed by atoms with van der Waals surface area (Å²) in [5, 5.41) is 2.68. The molecule has 0 spiro atoms. The van der Waals surface area contributed by atoms with Crippen LogP contribution >= 0.6 is 0 Å². The molecule has 0 radical (unpaired) electrons. The quantitative estimate of drug-likeness (QED) is 0.792. The van der Waals surface area contributed by atoms with Crippen molar-refractivity contribution in [1.82, 2.24) is 9.78 Å². The average Bonchev–Trinajstić information content (AvgIpc) is 2.49. The summed E-state index contributed by atoms with van der Waals surface area (Å²) in [6, 6.07) is 0. The third-order valence-electron chi connectivity index (χ3n) is 2.45. The molecule has 1 aromatic rings. The Kier molecular flexibility index (Phi) is 2.26. The molecule has 0 saturated heterocycles. The van der Waals surface area contributed by atoms with E-state index in [1.54, 1.807) is 4.68 Å². The minimum absolute atomic E-state index is 0.00616. The maximum atomic E-state index is 11.5. The van der Waals surface area contributed by atoms with Gasteiger partial charge in [-0.3, -0.25) is 14.6 Å². The van der Waals surface area contributed by atoms with Gasteiger partial charge in [0.15, 0.2) is 9.84 Å². The van der Waals surface area contributed by atoms with E-state index in [0.717, 1.165) is 0 Å². The first-order valence-corrected chi connectivity index (χ1v) is 6.72. The van der Waals surface area contributed by atoms with Crippen LogP contribution in [0.1, 0.15) is 25.1 Å². The van der Waals surface area contributed by atoms with E-state index in [-0.39, 0.29) is 17.1 Å². The fourth-order valence-electron chi connectivity index (χ4n) is 1.87. The molecular weight excluding hydrogens is 216 g/mol. The fraction of sp³-hybridized carbons (Fsp3) is 0.667. The zero-order valence-corrected chi connectivity index (χ0v) is 9.60. The van der Waals surface area contributed by atoms with Crippen molar-refractivity contribution < 1.29 is 8.42 Å². The van der Waals surface area contributed by atoms with Crippen LogP contribution < -0.4 is 5.56 Å². The molecule has 5 nitrogen and oxygen atoms in total. The van der Waals surface area contributed by atoms with E-state index < -0.39 is 9.84 Å². The standard InChI is InChI=1S/C9H14N2O3S/c1-6(2)3-11-8-5-15(13,14)4-7(8)9(12)10-11/h6H,3-5H2,1-2H3,(H,10,12). The van der Waals surface area contributed by atoms with Gasteiger partial charge in [0.2, 0.25) is 0 Å². The first-order chi connectivity index (χ1) is 6.89. The SMILES string of the molecule is CC(C)Cn1[nH]c(=O)c2c1CS(=O)(=O)C2. The molecule has 0 aliphatic carbocycles. The molecule has 84 valence electrons. The van der Waals surface area contributed by atoms with Crippen LogP contribution in [0.3, 0.4) is 0 Å². The number of nitrogens with one attached hydrogen (secondary N) is 1. The number of nitrogens with zero attached hydrogens (tertiary/aromatic N) is 1. The Morgan fingerprint density at radius 1 is 1.40 bits per heavy atom. The number of aromatic nitrogens is 2. The molecule has 2 heterocycles. The highest BCUT2D eigenvalue weighted by molar-refractivity contribution is 7.90. The minimum Gasteiger partial charge on any atom is -0.288 e. The molecular formula is C9H14N2O3S. The first-order valence-electron chi connectivity index (χ1n) is 4.90. The summed E-state index contributed by atoms with van der Waals surface area (Å²) in [5.41, 5.74) is 0.816. The van der Waals surface area contributed by atoms with E-state index in [1.165, 1.54) is 0 Å². The normalized spacial score (nSPS) is 18.3. The van der Waals surface area contributed by atoms with E-state index in [2.05, 4.69) is 5.10 Å². The summed E-state index contributed by atoms with van der Waals surface area (Å²) in [6.45, 7) is 4.70. The second-order valence-corrected chi connectivity index (χ2v) is 6.47. The molecule has 1 aliphatic rings. The van der Waals surface area contributed by atoms with Crippen molar-refractivity contribution in [1.29, 1.82) is 0 Å². The summed E-state index contributed by atoms with van der Waals surface area (Å²) in [6.07, 6.45) is 0. The van der Waals surface area contributed by atoms with Gasteiger partial charge in [-0.15, -0.1) is 0 Å². The zero-order valence-electron chi connectivity index (χ0n) is 8.78. The van der Waals surface area contributed by atoms with Gasteiger partial charge in [-0.2, -0.15) is 0 Å². The summed E-state index contributed by atoms with van der Waals surface area (Å²) < 4.78 is 24.4. The summed E-state index contributed by atoms with van der Waals surface area (Å²) in [7, 11) is -3.08. The number of H-pyrrole nitrogens is 1. The highest BCUT2D eigenvalue weighted by Gasteiger charge is 2.31. The van der Waals surface area contributed by atoms with Gasteiger partial charge in [-0.05, 0) is 5.92 Å². The molecule has 1 N–H and O–H groups in total. The van der Waals surface area contributed by atoms with Crippen molar-refractivity contribution in [3.63, 3.8) is 0 Å². The van der Waals surface area contributed by atoms with Crippen LogP contribution in [0.2, 0.25) is 0 Å². The van der Waals surface area contributed by atoms with Crippen LogP contribution in [0.15, 0.2) is 4.79 Å². The smallest absolute Gasteiger partial charge is 0.268 e. The van der Waals surface area contributed by atoms with E-state index in [9.17, 15) is 13.2 Å². The molecule has 2 rings (SSSR count). The molecule has 0 bridgehead atoms. The van der Waals surface area contributed by atoms with Gasteiger partial charge in [0.1, 0.15) is 0 Å². The molecule has 0 saturated carbocycles. The summed E-state index contributed by atoms with van der Waals surface area (Å²) in [5.74, 6) is 0.261. The van der Waals surface area contributed by atoms with Crippen molar-refractivity contribution in [3.8, 4) is 0 Å². The van der Waals surface area contributed by atoms with Gasteiger partial charge in [0.05, 0.1) is 22.8 Å². The van der Waals surface area contributed by atoms with Gasteiger partial charge in [0.25, 0.3) is 5.56 Å². The number of hydrogen-bond acceptors (Lipinski definition) is 3. The second kappa shape index (κ2) is 3.23. The fourth-order valence-corrected chi connectivity index (χ4v) is 3.45. The second-order valence-electron chi connectivity index (χ2n) is 4.40. The minimum atomic E-state index is -3.08. The summed E-state index contributed by atoms with van der Waals surface area (Å²) in [4.78, 5) is 11.5. The molecule has 0 fully saturated rings. The lowest BCUT2D eigenvalue weighted by molar-refractivity contribution is 0.470. The maximum Gasteiger partial charge on any atom is 0.268 e. The van der Waals surface area contributed by atoms with Crippen molar-refractivity contribution in [3.05, 3.63) is 21.6 Å². The lowest BCUT2D eigenvalue weighted by Crippen LogP contribution is -2.14. The van der Waals surface area contributed by atoms with Crippen molar-refractivity contribution in [2.75, 3.05) is 0 Å². The lowest BCUT2D eigenvalue weighted by atomic mass is 10.2. The van der Waals surface area contributed by atoms with Gasteiger partial charge in [0, 0.05) is 6.54 Å². The maximum absolute atomic E-state index is 11.5. The van der Waals surface area contributed by atoms with Gasteiger partial charge in [-0.25, -0.2) is 8.42 Å². The molecule has 1 aromatic heterocycles. The summed E-state index contributed by atoms with van der Waals surface area (Å²) >= 11 is 0. The molecule has 0 atom stereocenters. The largest absolute Gasteiger partial charge is 0.288 e. The Morgan fingerprint density at radius 2 is 2.07 bits per heavy atom. The monoisotopic (exact) mass is 230 g/mol. The lowest BCUT2D eigenvalue weighted by Gasteiger charge is -2.08. The van der Waals surface area contributed by atoms with E-state index >= 15 is 0 Å². The Labute approximate surface area is 88.0 Å². The van der Waals surface area contributed by atoms with Gasteiger partial charge >= 0.3 is 0 Å². The molecule has 6 heteroatoms. The topological polar surface area (TPSA) is 71.9 Å². The van der Waals surface area contributed by atoms with Crippen LogP contribution in [-0.2, 0) is 27.9 Å². The first kappa shape index (κ1) is 10.5. The van der Waals surface area contributed by atoms with Crippen molar-refractivity contribution >= 4 is 9.84 Å². The average molecular weight is 230 g/mol. The number of hydrogen-bond donors (Lipinski definition) is 1. The predicted molar refractivity (Wildman–Crippen MR) is 56.2 cm³/mol. The third kappa shape index (κ3) is 1.86. The van der Waals surface area contributed by atoms with Crippen LogP contribution in [-0.4, -0.2) is 18.2 Å². The Balaban J connectivity index is 2.47. The Bertz CT molecular complexity index is 536. The van der Waals surface area contributed by atoms with E-state index in [1.807, 2.05) is 13.8 Å². The molecule has 0 unspecified atom stereocenters. The molecule has 0 aromatic carbocycles. The zero-order chi connectivity index (χ0) is 11.2. The number of rotatable bonds is 2. The van der Waals surface area contributed by atoms with Gasteiger partial charge < -0.3 is 0 Å². The van der Waals surface area contributed by atoms with Crippen LogP contribution in [0, 0.1) is 5.92 Å². The third-order valence-corrected chi connectivity index (χ3v) is 3.90. The molecule has 1 aliphatic heterocycles. The van der Waals surface area contributed by atoms with Crippen molar-refractivity contribution in [2.45, 2.75) is 31.9 Å². The van der Waals surface area contributed by atoms with Crippen LogP contribution in [0.4, 0.5) is 0 Å². The molecule has 0 amide bonds. The van der Waals surface area contributed by atoms with Crippen LogP contribution in [0.25, 0.3) is 0 Å². The number of aromatic amines is 1. The highest BCUT2D eigenvalue weighted by atomic mass is 32.2. The Morgan fingerprint density at radius 3 is 2.67 bits per heavy atom. The van der Waals surface area contributed by atoms with E-state index in [4.69, 9.17) is 0 Å². The number of fused-ring (bicyclic) bond motifs is 1. The molecule has 15 heavy (non-hydrogen) atoms. The van der Waals surface area contributed by atoms with Gasteiger partial charge in [-0.1, -0.05) is 13.8 Å². The van der Waals surface area contributed by atoms with E-state index in [0.29, 0.717) is 23.7 Å². The highest BCUT2D eigenvalue weighted by Crippen LogP contribution is 2.22.